The molecule has 0 saturated heterocycles. The lowest BCUT2D eigenvalue weighted by atomic mass is 10.0. The van der Waals surface area contributed by atoms with Gasteiger partial charge in [-0.1, -0.05) is 42.5 Å². The third-order valence-corrected chi connectivity index (χ3v) is 5.47. The standard InChI is InChI=1S/C26H26N2O4/c1-31-26(30)20-12-15-22-24(16-20)27-23(25(29)28-22)9-5-8-18-10-13-21(14-11-18)32-17-19-6-3-2-4-7-19/h2-4,6-7,10-16,23,27H,5,8-9,17H2,1H3,(H,28,29). The molecule has 3 aromatic carbocycles. The van der Waals surface area contributed by atoms with Crippen molar-refractivity contribution in [2.24, 2.45) is 0 Å². The molecule has 3 aromatic rings. The largest absolute Gasteiger partial charge is 0.489 e. The van der Waals surface area contributed by atoms with Crippen LogP contribution in [0.4, 0.5) is 11.4 Å². The summed E-state index contributed by atoms with van der Waals surface area (Å²) in [6.07, 6.45) is 2.39. The van der Waals surface area contributed by atoms with Gasteiger partial charge in [0.1, 0.15) is 18.4 Å². The number of hydrogen-bond donors (Lipinski definition) is 2. The average Bonchev–Trinajstić information content (AvgIpc) is 2.83. The van der Waals surface area contributed by atoms with E-state index in [1.807, 2.05) is 42.5 Å². The number of ether oxygens (including phenoxy) is 2. The summed E-state index contributed by atoms with van der Waals surface area (Å²) in [5.74, 6) is 0.371. The maximum absolute atomic E-state index is 12.4. The van der Waals surface area contributed by atoms with Crippen LogP contribution in [0.5, 0.6) is 5.75 Å². The monoisotopic (exact) mass is 430 g/mol. The van der Waals surface area contributed by atoms with E-state index in [-0.39, 0.29) is 11.9 Å². The SMILES string of the molecule is COC(=O)c1ccc2c(c1)NC(CCCc1ccc(OCc3ccccc3)cc1)C(=O)N2. The summed E-state index contributed by atoms with van der Waals surface area (Å²) >= 11 is 0. The van der Waals surface area contributed by atoms with E-state index in [0.29, 0.717) is 24.3 Å². The second-order valence-electron chi connectivity index (χ2n) is 7.75. The van der Waals surface area contributed by atoms with E-state index in [1.165, 1.54) is 12.7 Å². The second kappa shape index (κ2) is 10.0. The molecule has 6 heteroatoms. The van der Waals surface area contributed by atoms with Gasteiger partial charge in [-0.25, -0.2) is 4.79 Å². The third kappa shape index (κ3) is 5.27. The van der Waals surface area contributed by atoms with Crippen LogP contribution in [-0.4, -0.2) is 25.0 Å². The van der Waals surface area contributed by atoms with Crippen LogP contribution in [0, 0.1) is 0 Å². The number of esters is 1. The zero-order chi connectivity index (χ0) is 22.3. The Kier molecular flexibility index (Phi) is 6.70. The van der Waals surface area contributed by atoms with Gasteiger partial charge >= 0.3 is 5.97 Å². The van der Waals surface area contributed by atoms with Crippen LogP contribution < -0.4 is 15.4 Å². The summed E-state index contributed by atoms with van der Waals surface area (Å²) in [5.41, 5.74) is 4.18. The smallest absolute Gasteiger partial charge is 0.337 e. The lowest BCUT2D eigenvalue weighted by Gasteiger charge is -2.27. The number of benzene rings is 3. The molecule has 0 bridgehead atoms. The Balaban J connectivity index is 1.28. The summed E-state index contributed by atoms with van der Waals surface area (Å²) in [6.45, 7) is 0.543. The van der Waals surface area contributed by atoms with Crippen molar-refractivity contribution in [3.8, 4) is 5.75 Å². The van der Waals surface area contributed by atoms with Crippen molar-refractivity contribution >= 4 is 23.3 Å². The highest BCUT2D eigenvalue weighted by molar-refractivity contribution is 6.04. The normalized spacial score (nSPS) is 14.7. The van der Waals surface area contributed by atoms with Crippen LogP contribution in [0.2, 0.25) is 0 Å². The highest BCUT2D eigenvalue weighted by Gasteiger charge is 2.25. The molecule has 164 valence electrons. The van der Waals surface area contributed by atoms with Crippen LogP contribution in [0.3, 0.4) is 0 Å². The maximum Gasteiger partial charge on any atom is 0.337 e. The van der Waals surface area contributed by atoms with E-state index < -0.39 is 5.97 Å². The molecule has 1 heterocycles. The Morgan fingerprint density at radius 3 is 2.47 bits per heavy atom. The molecular weight excluding hydrogens is 404 g/mol. The third-order valence-electron chi connectivity index (χ3n) is 5.47. The zero-order valence-corrected chi connectivity index (χ0v) is 18.0. The molecular formula is C26H26N2O4. The second-order valence-corrected chi connectivity index (χ2v) is 7.75. The topological polar surface area (TPSA) is 76.7 Å². The Morgan fingerprint density at radius 2 is 1.72 bits per heavy atom. The Bertz CT molecular complexity index is 1080. The fourth-order valence-corrected chi connectivity index (χ4v) is 3.70. The highest BCUT2D eigenvalue weighted by Crippen LogP contribution is 2.29. The molecule has 1 atom stereocenters. The van der Waals surface area contributed by atoms with E-state index in [1.54, 1.807) is 18.2 Å². The number of aryl methyl sites for hydroxylation is 1. The molecule has 1 unspecified atom stereocenters. The minimum Gasteiger partial charge on any atom is -0.489 e. The Morgan fingerprint density at radius 1 is 0.938 bits per heavy atom. The molecule has 32 heavy (non-hydrogen) atoms. The molecule has 1 aliphatic heterocycles. The molecule has 0 aromatic heterocycles. The summed E-state index contributed by atoms with van der Waals surface area (Å²) in [7, 11) is 1.35. The number of amides is 1. The molecule has 0 radical (unpaired) electrons. The van der Waals surface area contributed by atoms with Crippen molar-refractivity contribution in [1.82, 2.24) is 0 Å². The van der Waals surface area contributed by atoms with Crippen molar-refractivity contribution in [1.29, 1.82) is 0 Å². The lowest BCUT2D eigenvalue weighted by molar-refractivity contribution is -0.117. The van der Waals surface area contributed by atoms with Crippen molar-refractivity contribution in [2.45, 2.75) is 31.9 Å². The van der Waals surface area contributed by atoms with Gasteiger partial charge in [0.15, 0.2) is 0 Å². The van der Waals surface area contributed by atoms with Gasteiger partial charge in [-0.2, -0.15) is 0 Å². The number of carbonyl (C=O) groups excluding carboxylic acids is 2. The van der Waals surface area contributed by atoms with Crippen molar-refractivity contribution < 1.29 is 19.1 Å². The van der Waals surface area contributed by atoms with E-state index in [4.69, 9.17) is 9.47 Å². The van der Waals surface area contributed by atoms with Crippen molar-refractivity contribution in [3.63, 3.8) is 0 Å². The first-order valence-corrected chi connectivity index (χ1v) is 10.7. The van der Waals surface area contributed by atoms with Crippen LogP contribution in [0.25, 0.3) is 0 Å². The summed E-state index contributed by atoms with van der Waals surface area (Å²) < 4.78 is 10.6. The lowest BCUT2D eigenvalue weighted by Crippen LogP contribution is -2.38. The van der Waals surface area contributed by atoms with Gasteiger partial charge in [0.05, 0.1) is 24.0 Å². The first-order chi connectivity index (χ1) is 15.6. The van der Waals surface area contributed by atoms with Crippen LogP contribution in [0.15, 0.2) is 72.8 Å². The molecule has 0 fully saturated rings. The molecule has 2 N–H and O–H groups in total. The molecule has 0 saturated carbocycles. The number of nitrogens with one attached hydrogen (secondary N) is 2. The van der Waals surface area contributed by atoms with E-state index in [0.717, 1.165) is 29.8 Å². The Hall–Kier alpha value is -3.80. The number of carbonyl (C=O) groups is 2. The van der Waals surface area contributed by atoms with Crippen LogP contribution in [0.1, 0.15) is 34.3 Å². The van der Waals surface area contributed by atoms with Crippen molar-refractivity contribution in [3.05, 3.63) is 89.5 Å². The van der Waals surface area contributed by atoms with Gasteiger partial charge in [-0.05, 0) is 60.7 Å². The molecule has 0 aliphatic carbocycles. The fourth-order valence-electron chi connectivity index (χ4n) is 3.70. The van der Waals surface area contributed by atoms with Gasteiger partial charge in [0, 0.05) is 0 Å². The van der Waals surface area contributed by atoms with Crippen molar-refractivity contribution in [2.75, 3.05) is 17.7 Å². The Labute approximate surface area is 187 Å². The van der Waals surface area contributed by atoms with Gasteiger partial charge in [0.25, 0.3) is 0 Å². The predicted molar refractivity (Wildman–Crippen MR) is 124 cm³/mol. The number of fused-ring (bicyclic) bond motifs is 1. The minimum absolute atomic E-state index is 0.0621. The maximum atomic E-state index is 12.4. The number of anilines is 2. The van der Waals surface area contributed by atoms with Gasteiger partial charge in [0.2, 0.25) is 5.91 Å². The van der Waals surface area contributed by atoms with E-state index >= 15 is 0 Å². The van der Waals surface area contributed by atoms with Crippen LogP contribution in [-0.2, 0) is 22.6 Å². The summed E-state index contributed by atoms with van der Waals surface area (Å²) in [6, 6.07) is 22.9. The predicted octanol–water partition coefficient (Wildman–Crippen LogP) is 4.81. The highest BCUT2D eigenvalue weighted by atomic mass is 16.5. The molecule has 0 spiro atoms. The number of rotatable bonds is 8. The van der Waals surface area contributed by atoms with Crippen LogP contribution >= 0.6 is 0 Å². The molecule has 4 rings (SSSR count). The molecule has 6 nitrogen and oxygen atoms in total. The quantitative estimate of drug-likeness (QED) is 0.502. The van der Waals surface area contributed by atoms with Gasteiger partial charge < -0.3 is 20.1 Å². The first-order valence-electron chi connectivity index (χ1n) is 10.7. The van der Waals surface area contributed by atoms with E-state index in [2.05, 4.69) is 22.8 Å². The zero-order valence-electron chi connectivity index (χ0n) is 18.0. The fraction of sp³-hybridized carbons (Fsp3) is 0.231. The van der Waals surface area contributed by atoms with E-state index in [9.17, 15) is 9.59 Å². The summed E-state index contributed by atoms with van der Waals surface area (Å²) in [4.78, 5) is 24.2. The number of hydrogen-bond acceptors (Lipinski definition) is 5. The summed E-state index contributed by atoms with van der Waals surface area (Å²) in [5, 5.41) is 6.16. The first kappa shape index (κ1) is 21.4. The molecule has 1 aliphatic rings. The minimum atomic E-state index is -0.403. The van der Waals surface area contributed by atoms with Gasteiger partial charge in [-0.3, -0.25) is 4.79 Å². The molecule has 1 amide bonds. The number of methoxy groups -OCH3 is 1. The average molecular weight is 431 g/mol. The van der Waals surface area contributed by atoms with Gasteiger partial charge in [-0.15, -0.1) is 0 Å².